The highest BCUT2D eigenvalue weighted by Crippen LogP contribution is 2.45. The van der Waals surface area contributed by atoms with Crippen molar-refractivity contribution in [3.05, 3.63) is 253 Å². The number of fused-ring (bicyclic) bond motifs is 6. The first-order valence-electron chi connectivity index (χ1n) is 22.0. The molecule has 298 valence electrons. The highest BCUT2D eigenvalue weighted by atomic mass is 15.0. The Balaban J connectivity index is 0.921. The van der Waals surface area contributed by atoms with Crippen molar-refractivity contribution < 1.29 is 0 Å². The fourth-order valence-electron chi connectivity index (χ4n) is 10.2. The van der Waals surface area contributed by atoms with Crippen molar-refractivity contribution in [2.45, 2.75) is 18.8 Å². The molecule has 63 heavy (non-hydrogen) atoms. The highest BCUT2D eigenvalue weighted by Gasteiger charge is 2.31. The van der Waals surface area contributed by atoms with Gasteiger partial charge in [0.2, 0.25) is 0 Å². The molecule has 0 fully saturated rings. The maximum Gasteiger partial charge on any atom is 0.0541 e. The molecule has 0 saturated carbocycles. The minimum Gasteiger partial charge on any atom is -0.309 e. The van der Waals surface area contributed by atoms with E-state index in [2.05, 4.69) is 253 Å². The van der Waals surface area contributed by atoms with Crippen molar-refractivity contribution >= 4 is 54.8 Å². The van der Waals surface area contributed by atoms with Crippen LogP contribution < -0.4 is 0 Å². The largest absolute Gasteiger partial charge is 0.309 e. The molecule has 2 heteroatoms. The smallest absolute Gasteiger partial charge is 0.0541 e. The Morgan fingerprint density at radius 2 is 0.746 bits per heavy atom. The van der Waals surface area contributed by atoms with E-state index in [1.165, 1.54) is 93.7 Å². The molecule has 0 N–H and O–H groups in total. The summed E-state index contributed by atoms with van der Waals surface area (Å²) in [6, 6.07) is 82.2. The topological polar surface area (TPSA) is 9.86 Å². The van der Waals surface area contributed by atoms with Crippen molar-refractivity contribution in [1.82, 2.24) is 9.13 Å². The maximum atomic E-state index is 2.50. The van der Waals surface area contributed by atoms with E-state index in [-0.39, 0.29) is 5.41 Å². The highest BCUT2D eigenvalue weighted by molar-refractivity contribution is 6.10. The van der Waals surface area contributed by atoms with Crippen molar-refractivity contribution in [1.29, 1.82) is 0 Å². The maximum absolute atomic E-state index is 2.50. The van der Waals surface area contributed by atoms with E-state index in [0.717, 1.165) is 17.8 Å². The second-order valence-corrected chi connectivity index (χ2v) is 17.2. The summed E-state index contributed by atoms with van der Waals surface area (Å²) in [7, 11) is 0. The number of allylic oxidation sites excluding steroid dienone is 4. The molecule has 0 spiro atoms. The van der Waals surface area contributed by atoms with E-state index in [1.807, 2.05) is 0 Å². The molecule has 0 bridgehead atoms. The Kier molecular flexibility index (Phi) is 8.72. The Morgan fingerprint density at radius 3 is 1.27 bits per heavy atom. The summed E-state index contributed by atoms with van der Waals surface area (Å²) in [5.41, 5.74) is 18.1. The first-order valence-corrected chi connectivity index (χ1v) is 22.0. The molecule has 2 heterocycles. The second-order valence-electron chi connectivity index (χ2n) is 17.2. The van der Waals surface area contributed by atoms with Crippen LogP contribution in [0.1, 0.15) is 30.0 Å². The van der Waals surface area contributed by atoms with Crippen LogP contribution in [0, 0.1) is 0 Å². The Labute approximate surface area is 368 Å². The van der Waals surface area contributed by atoms with E-state index < -0.39 is 0 Å². The van der Waals surface area contributed by atoms with E-state index in [4.69, 9.17) is 0 Å². The van der Waals surface area contributed by atoms with Gasteiger partial charge in [-0.1, -0.05) is 189 Å². The fourth-order valence-corrected chi connectivity index (χ4v) is 10.2. The molecule has 1 aliphatic carbocycles. The van der Waals surface area contributed by atoms with Gasteiger partial charge in [0.25, 0.3) is 0 Å². The lowest BCUT2D eigenvalue weighted by atomic mass is 9.70. The molecule has 0 saturated heterocycles. The van der Waals surface area contributed by atoms with Crippen molar-refractivity contribution in [2.75, 3.05) is 0 Å². The quantitative estimate of drug-likeness (QED) is 0.152. The first-order chi connectivity index (χ1) is 31.1. The predicted molar refractivity (Wildman–Crippen MR) is 267 cm³/mol. The SMILES string of the molecule is CC1(c2cccc(-c3cccc(-n4c5ccccc5c5ccccc54)c3)c2)C=C(c2ccccc2)C=C(c2cccc(-c3cccc(-n4c5ccccc5c5ccccc54)c3)c2)C1. The summed E-state index contributed by atoms with van der Waals surface area (Å²) in [5.74, 6) is 0. The zero-order valence-corrected chi connectivity index (χ0v) is 35.1. The molecule has 2 nitrogen and oxygen atoms in total. The lowest BCUT2D eigenvalue weighted by Gasteiger charge is -2.33. The number of para-hydroxylation sites is 4. The average Bonchev–Trinajstić information content (AvgIpc) is 3.87. The molecule has 2 aromatic heterocycles. The molecule has 0 aliphatic heterocycles. The summed E-state index contributed by atoms with van der Waals surface area (Å²) in [6.45, 7) is 2.41. The first kappa shape index (κ1) is 36.9. The van der Waals surface area contributed by atoms with Gasteiger partial charge in [-0.15, -0.1) is 0 Å². The summed E-state index contributed by atoms with van der Waals surface area (Å²) >= 11 is 0. The Bertz CT molecular complexity index is 3510. The third-order valence-corrected chi connectivity index (χ3v) is 13.3. The zero-order valence-electron chi connectivity index (χ0n) is 35.1. The summed E-state index contributed by atoms with van der Waals surface area (Å²) < 4.78 is 4.81. The van der Waals surface area contributed by atoms with E-state index in [9.17, 15) is 0 Å². The number of hydrogen-bond donors (Lipinski definition) is 0. The van der Waals surface area contributed by atoms with Gasteiger partial charge in [-0.3, -0.25) is 0 Å². The molecule has 1 atom stereocenters. The van der Waals surface area contributed by atoms with Crippen molar-refractivity contribution in [2.24, 2.45) is 0 Å². The van der Waals surface area contributed by atoms with Gasteiger partial charge in [-0.05, 0) is 111 Å². The van der Waals surface area contributed by atoms with E-state index in [0.29, 0.717) is 0 Å². The normalized spacial score (nSPS) is 15.3. The molecule has 12 rings (SSSR count). The minimum absolute atomic E-state index is 0.262. The van der Waals surface area contributed by atoms with Crippen LogP contribution >= 0.6 is 0 Å². The molecule has 1 unspecified atom stereocenters. The third kappa shape index (κ3) is 6.34. The standard InChI is InChI=1S/C61H44N2/c1-61(50-24-14-21-45(37-50)47-23-16-26-52(39-47)63-59-33-11-7-29-55(59)56-30-8-12-34-60(56)63)40-48(42-17-3-2-4-18-42)36-49(41-61)44-20-13-19-43(35-44)46-22-15-25-51(38-46)62-57-31-9-5-27-53(57)54-28-6-10-32-58(54)62/h2-40H,41H2,1H3. The van der Waals surface area contributed by atoms with E-state index in [1.54, 1.807) is 0 Å². The van der Waals surface area contributed by atoms with Crippen LogP contribution in [0.25, 0.3) is 88.4 Å². The van der Waals surface area contributed by atoms with Gasteiger partial charge < -0.3 is 9.13 Å². The van der Waals surface area contributed by atoms with Gasteiger partial charge in [0.15, 0.2) is 0 Å². The van der Waals surface area contributed by atoms with Gasteiger partial charge in [0, 0.05) is 38.3 Å². The number of rotatable bonds is 7. The number of benzene rings is 9. The van der Waals surface area contributed by atoms with Crippen molar-refractivity contribution in [3.63, 3.8) is 0 Å². The Hall–Kier alpha value is -7.94. The van der Waals surface area contributed by atoms with Gasteiger partial charge >= 0.3 is 0 Å². The molecule has 0 radical (unpaired) electrons. The third-order valence-electron chi connectivity index (χ3n) is 13.3. The van der Waals surface area contributed by atoms with Gasteiger partial charge in [-0.2, -0.15) is 0 Å². The molecule has 1 aliphatic rings. The lowest BCUT2D eigenvalue weighted by molar-refractivity contribution is 0.612. The van der Waals surface area contributed by atoms with Gasteiger partial charge in [0.05, 0.1) is 22.1 Å². The molecule has 11 aromatic rings. The molecular formula is C61H44N2. The second kappa shape index (κ2) is 14.9. The number of hydrogen-bond acceptors (Lipinski definition) is 0. The van der Waals surface area contributed by atoms with Gasteiger partial charge in [0.1, 0.15) is 0 Å². The van der Waals surface area contributed by atoms with Gasteiger partial charge in [-0.25, -0.2) is 0 Å². The van der Waals surface area contributed by atoms with Crippen LogP contribution in [0.4, 0.5) is 0 Å². The number of aromatic nitrogens is 2. The average molecular weight is 805 g/mol. The van der Waals surface area contributed by atoms with Crippen LogP contribution in [0.5, 0.6) is 0 Å². The van der Waals surface area contributed by atoms with Crippen LogP contribution in [-0.4, -0.2) is 9.13 Å². The molecule has 0 amide bonds. The summed E-state index contributed by atoms with van der Waals surface area (Å²) in [5, 5.41) is 5.09. The van der Waals surface area contributed by atoms with Crippen LogP contribution in [0.15, 0.2) is 237 Å². The minimum atomic E-state index is -0.262. The fraction of sp³-hybridized carbons (Fsp3) is 0.0492. The molecule has 9 aromatic carbocycles. The van der Waals surface area contributed by atoms with Crippen molar-refractivity contribution in [3.8, 4) is 33.6 Å². The van der Waals surface area contributed by atoms with Crippen LogP contribution in [0.3, 0.4) is 0 Å². The number of nitrogens with zero attached hydrogens (tertiary/aromatic N) is 2. The zero-order chi connectivity index (χ0) is 41.9. The summed E-state index contributed by atoms with van der Waals surface area (Å²) in [6.07, 6.45) is 5.79. The summed E-state index contributed by atoms with van der Waals surface area (Å²) in [4.78, 5) is 0. The monoisotopic (exact) mass is 804 g/mol. The lowest BCUT2D eigenvalue weighted by Crippen LogP contribution is -2.22. The van der Waals surface area contributed by atoms with E-state index >= 15 is 0 Å². The molecular weight excluding hydrogens is 761 g/mol. The Morgan fingerprint density at radius 1 is 0.349 bits per heavy atom. The predicted octanol–water partition coefficient (Wildman–Crippen LogP) is 16.0. The van der Waals surface area contributed by atoms with Crippen LogP contribution in [-0.2, 0) is 5.41 Å². The van der Waals surface area contributed by atoms with Crippen LogP contribution in [0.2, 0.25) is 0 Å².